The van der Waals surface area contributed by atoms with Crippen molar-refractivity contribution < 1.29 is 23.8 Å². The van der Waals surface area contributed by atoms with E-state index in [9.17, 15) is 9.59 Å². The van der Waals surface area contributed by atoms with Gasteiger partial charge in [-0.2, -0.15) is 0 Å². The zero-order valence-corrected chi connectivity index (χ0v) is 20.3. The predicted molar refractivity (Wildman–Crippen MR) is 138 cm³/mol. The number of nitrogens with one attached hydrogen (secondary N) is 3. The summed E-state index contributed by atoms with van der Waals surface area (Å²) in [7, 11) is 4.69. The van der Waals surface area contributed by atoms with Gasteiger partial charge in [0, 0.05) is 40.3 Å². The Labute approximate surface area is 208 Å². The number of fused-ring (bicyclic) bond motifs is 1. The van der Waals surface area contributed by atoms with Gasteiger partial charge in [0.25, 0.3) is 11.8 Å². The van der Waals surface area contributed by atoms with Gasteiger partial charge in [-0.25, -0.2) is 0 Å². The van der Waals surface area contributed by atoms with Gasteiger partial charge in [0.2, 0.25) is 0 Å². The van der Waals surface area contributed by atoms with Gasteiger partial charge in [-0.15, -0.1) is 0 Å². The summed E-state index contributed by atoms with van der Waals surface area (Å²) in [6.07, 6.45) is 3.41. The van der Waals surface area contributed by atoms with Gasteiger partial charge >= 0.3 is 0 Å². The Morgan fingerprint density at radius 2 is 1.72 bits per heavy atom. The number of H-pyrrole nitrogens is 1. The van der Waals surface area contributed by atoms with Crippen LogP contribution < -0.4 is 24.8 Å². The van der Waals surface area contributed by atoms with Gasteiger partial charge in [-0.05, 0) is 42.5 Å². The minimum absolute atomic E-state index is 0.0921. The molecule has 1 heterocycles. The molecule has 0 radical (unpaired) electrons. The summed E-state index contributed by atoms with van der Waals surface area (Å²) in [5, 5.41) is 6.48. The molecule has 8 nitrogen and oxygen atoms in total. The smallest absolute Gasteiger partial charge is 0.268 e. The van der Waals surface area contributed by atoms with Crippen molar-refractivity contribution in [3.05, 3.63) is 95.3 Å². The van der Waals surface area contributed by atoms with Crippen molar-refractivity contribution in [2.45, 2.75) is 6.54 Å². The standard InChI is InChI=1S/C28H27N3O5/c1-34-21-12-13-23-22(15-21)20(17-29-23)14-24(31-27(32)18-8-5-4-6-9-18)28(33)30-16-19-10-7-11-25(35-2)26(19)36-3/h4-15,17,29H,16H2,1-3H3,(H,30,33)(H,31,32)/b24-14+. The van der Waals surface area contributed by atoms with E-state index < -0.39 is 11.8 Å². The number of para-hydroxylation sites is 1. The number of hydrogen-bond acceptors (Lipinski definition) is 5. The van der Waals surface area contributed by atoms with E-state index in [4.69, 9.17) is 14.2 Å². The number of ether oxygens (including phenoxy) is 3. The van der Waals surface area contributed by atoms with Crippen molar-refractivity contribution in [1.82, 2.24) is 15.6 Å². The fourth-order valence-corrected chi connectivity index (χ4v) is 3.83. The summed E-state index contributed by atoms with van der Waals surface area (Å²) >= 11 is 0. The second-order valence-electron chi connectivity index (χ2n) is 7.87. The third kappa shape index (κ3) is 5.33. The van der Waals surface area contributed by atoms with Gasteiger partial charge in [-0.3, -0.25) is 9.59 Å². The maximum atomic E-state index is 13.3. The number of carbonyl (C=O) groups is 2. The maximum absolute atomic E-state index is 13.3. The van der Waals surface area contributed by atoms with E-state index in [1.807, 2.05) is 36.4 Å². The average Bonchev–Trinajstić information content (AvgIpc) is 3.33. The van der Waals surface area contributed by atoms with Crippen LogP contribution in [0, 0.1) is 0 Å². The Balaban J connectivity index is 1.65. The fraction of sp³-hybridized carbons (Fsp3) is 0.143. The number of aromatic nitrogens is 1. The zero-order valence-electron chi connectivity index (χ0n) is 20.3. The summed E-state index contributed by atoms with van der Waals surface area (Å²) in [6.45, 7) is 0.166. The van der Waals surface area contributed by atoms with E-state index in [0.717, 1.165) is 22.0 Å². The van der Waals surface area contributed by atoms with E-state index in [2.05, 4.69) is 15.6 Å². The Kier molecular flexibility index (Phi) is 7.55. The lowest BCUT2D eigenvalue weighted by atomic mass is 10.1. The van der Waals surface area contributed by atoms with Crippen LogP contribution in [0.2, 0.25) is 0 Å². The third-order valence-electron chi connectivity index (χ3n) is 5.67. The predicted octanol–water partition coefficient (Wildman–Crippen LogP) is 4.28. The van der Waals surface area contributed by atoms with Gasteiger partial charge < -0.3 is 29.8 Å². The molecule has 0 unspecified atom stereocenters. The average molecular weight is 486 g/mol. The van der Waals surface area contributed by atoms with Gasteiger partial charge in [0.15, 0.2) is 11.5 Å². The van der Waals surface area contributed by atoms with Gasteiger partial charge in [0.1, 0.15) is 11.4 Å². The molecular weight excluding hydrogens is 458 g/mol. The van der Waals surface area contributed by atoms with E-state index >= 15 is 0 Å². The maximum Gasteiger partial charge on any atom is 0.268 e. The molecule has 0 fully saturated rings. The highest BCUT2D eigenvalue weighted by Crippen LogP contribution is 2.30. The molecule has 4 rings (SSSR count). The van der Waals surface area contributed by atoms with Crippen molar-refractivity contribution in [3.8, 4) is 17.2 Å². The lowest BCUT2D eigenvalue weighted by Gasteiger charge is -2.14. The molecule has 0 bridgehead atoms. The minimum Gasteiger partial charge on any atom is -0.497 e. The molecule has 1 aromatic heterocycles. The second kappa shape index (κ2) is 11.1. The molecule has 184 valence electrons. The molecule has 8 heteroatoms. The van der Waals surface area contributed by atoms with Crippen LogP contribution in [0.3, 0.4) is 0 Å². The Morgan fingerprint density at radius 3 is 2.44 bits per heavy atom. The van der Waals surface area contributed by atoms with Gasteiger partial charge in [-0.1, -0.05) is 30.3 Å². The quantitative estimate of drug-likeness (QED) is 0.307. The third-order valence-corrected chi connectivity index (χ3v) is 5.67. The zero-order chi connectivity index (χ0) is 25.5. The monoisotopic (exact) mass is 485 g/mol. The Hall–Kier alpha value is -4.72. The summed E-state index contributed by atoms with van der Waals surface area (Å²) in [5.74, 6) is 0.920. The highest BCUT2D eigenvalue weighted by Gasteiger charge is 2.17. The van der Waals surface area contributed by atoms with Crippen LogP contribution in [0.5, 0.6) is 17.2 Å². The molecule has 0 aliphatic rings. The van der Waals surface area contributed by atoms with E-state index in [1.54, 1.807) is 63.9 Å². The fourth-order valence-electron chi connectivity index (χ4n) is 3.83. The molecule has 3 N–H and O–H groups in total. The van der Waals surface area contributed by atoms with Crippen molar-refractivity contribution in [3.63, 3.8) is 0 Å². The largest absolute Gasteiger partial charge is 0.497 e. The molecule has 0 saturated carbocycles. The van der Waals surface area contributed by atoms with Crippen LogP contribution in [-0.4, -0.2) is 38.1 Å². The number of amides is 2. The number of methoxy groups -OCH3 is 3. The highest BCUT2D eigenvalue weighted by atomic mass is 16.5. The Morgan fingerprint density at radius 1 is 0.917 bits per heavy atom. The number of aromatic amines is 1. The van der Waals surface area contributed by atoms with Crippen molar-refractivity contribution in [2.75, 3.05) is 21.3 Å². The van der Waals surface area contributed by atoms with Crippen molar-refractivity contribution in [1.29, 1.82) is 0 Å². The van der Waals surface area contributed by atoms with Crippen molar-refractivity contribution >= 4 is 28.8 Å². The number of hydrogen-bond donors (Lipinski definition) is 3. The lowest BCUT2D eigenvalue weighted by Crippen LogP contribution is -2.34. The van der Waals surface area contributed by atoms with E-state index in [-0.39, 0.29) is 12.2 Å². The summed E-state index contributed by atoms with van der Waals surface area (Å²) in [5.41, 5.74) is 2.86. The van der Waals surface area contributed by atoms with Gasteiger partial charge in [0.05, 0.1) is 21.3 Å². The SMILES string of the molecule is COc1ccc2[nH]cc(/C=C(/NC(=O)c3ccccc3)C(=O)NCc3cccc(OC)c3OC)c2c1. The van der Waals surface area contributed by atoms with Crippen LogP contribution >= 0.6 is 0 Å². The molecule has 2 amide bonds. The molecule has 4 aromatic rings. The molecule has 0 saturated heterocycles. The number of benzene rings is 3. The minimum atomic E-state index is -0.457. The van der Waals surface area contributed by atoms with E-state index in [0.29, 0.717) is 22.8 Å². The first-order valence-corrected chi connectivity index (χ1v) is 11.2. The first kappa shape index (κ1) is 24.4. The molecule has 0 aliphatic heterocycles. The summed E-state index contributed by atoms with van der Waals surface area (Å²) < 4.78 is 16.1. The van der Waals surface area contributed by atoms with Crippen LogP contribution in [0.4, 0.5) is 0 Å². The normalized spacial score (nSPS) is 11.1. The first-order valence-electron chi connectivity index (χ1n) is 11.2. The Bertz CT molecular complexity index is 1410. The lowest BCUT2D eigenvalue weighted by molar-refractivity contribution is -0.117. The van der Waals surface area contributed by atoms with Crippen LogP contribution in [0.15, 0.2) is 78.6 Å². The molecule has 3 aromatic carbocycles. The second-order valence-corrected chi connectivity index (χ2v) is 7.87. The molecular formula is C28H27N3O5. The molecule has 36 heavy (non-hydrogen) atoms. The summed E-state index contributed by atoms with van der Waals surface area (Å²) in [6, 6.07) is 19.7. The van der Waals surface area contributed by atoms with Crippen LogP contribution in [0.1, 0.15) is 21.5 Å². The molecule has 0 spiro atoms. The molecule has 0 atom stereocenters. The van der Waals surface area contributed by atoms with Crippen molar-refractivity contribution in [2.24, 2.45) is 0 Å². The topological polar surface area (TPSA) is 102 Å². The van der Waals surface area contributed by atoms with Crippen LogP contribution in [-0.2, 0) is 11.3 Å². The number of carbonyl (C=O) groups excluding carboxylic acids is 2. The van der Waals surface area contributed by atoms with Crippen LogP contribution in [0.25, 0.3) is 17.0 Å². The summed E-state index contributed by atoms with van der Waals surface area (Å²) in [4.78, 5) is 29.4. The van der Waals surface area contributed by atoms with E-state index in [1.165, 1.54) is 0 Å². The number of rotatable bonds is 9. The molecule has 0 aliphatic carbocycles. The first-order chi connectivity index (χ1) is 17.5. The highest BCUT2D eigenvalue weighted by molar-refractivity contribution is 6.06.